The lowest BCUT2D eigenvalue weighted by molar-refractivity contribution is -0.385. The molecule has 0 aromatic heterocycles. The van der Waals surface area contributed by atoms with Crippen molar-refractivity contribution in [3.63, 3.8) is 0 Å². The van der Waals surface area contributed by atoms with Gasteiger partial charge < -0.3 is 4.74 Å². The summed E-state index contributed by atoms with van der Waals surface area (Å²) in [5, 5.41) is 10.7. The standard InChI is InChI=1S/C10H8INO4/c1-16-10(13)8(11)6-7-4-2-3-5-9(7)12(14)15/h2-6H,1H3/b8-6-. The highest BCUT2D eigenvalue weighted by atomic mass is 127. The number of nitrogens with zero attached hydrogens (tertiary/aromatic N) is 1. The summed E-state index contributed by atoms with van der Waals surface area (Å²) in [6, 6.07) is 6.19. The molecule has 0 heterocycles. The third-order valence-corrected chi connectivity index (χ3v) is 2.55. The topological polar surface area (TPSA) is 69.4 Å². The number of methoxy groups -OCH3 is 1. The van der Waals surface area contributed by atoms with E-state index in [1.165, 1.54) is 19.3 Å². The van der Waals surface area contributed by atoms with Crippen molar-refractivity contribution in [3.8, 4) is 0 Å². The van der Waals surface area contributed by atoms with Crippen LogP contribution in [-0.2, 0) is 9.53 Å². The van der Waals surface area contributed by atoms with E-state index in [0.717, 1.165) is 0 Å². The largest absolute Gasteiger partial charge is 0.465 e. The maximum absolute atomic E-state index is 11.1. The number of nitro benzene ring substituents is 1. The van der Waals surface area contributed by atoms with Crippen molar-refractivity contribution in [1.82, 2.24) is 0 Å². The Morgan fingerprint density at radius 1 is 1.50 bits per heavy atom. The molecule has 1 rings (SSSR count). The summed E-state index contributed by atoms with van der Waals surface area (Å²) in [6.45, 7) is 0. The van der Waals surface area contributed by atoms with Gasteiger partial charge in [0.1, 0.15) is 0 Å². The monoisotopic (exact) mass is 333 g/mol. The Labute approximate surface area is 105 Å². The van der Waals surface area contributed by atoms with Crippen LogP contribution in [0.2, 0.25) is 0 Å². The number of hydrogen-bond acceptors (Lipinski definition) is 4. The molecule has 6 heteroatoms. The Bertz CT molecular complexity index is 456. The molecule has 1 aromatic rings. The van der Waals surface area contributed by atoms with Crippen molar-refractivity contribution in [1.29, 1.82) is 0 Å². The van der Waals surface area contributed by atoms with Gasteiger partial charge in [-0.1, -0.05) is 12.1 Å². The van der Waals surface area contributed by atoms with Crippen molar-refractivity contribution in [3.05, 3.63) is 43.5 Å². The fourth-order valence-corrected chi connectivity index (χ4v) is 1.62. The molecule has 0 saturated carbocycles. The van der Waals surface area contributed by atoms with Gasteiger partial charge in [0.15, 0.2) is 0 Å². The number of ether oxygens (including phenoxy) is 1. The maximum atomic E-state index is 11.1. The van der Waals surface area contributed by atoms with Gasteiger partial charge in [0.2, 0.25) is 0 Å². The third-order valence-electron chi connectivity index (χ3n) is 1.80. The minimum Gasteiger partial charge on any atom is -0.465 e. The highest BCUT2D eigenvalue weighted by molar-refractivity contribution is 14.1. The maximum Gasteiger partial charge on any atom is 0.344 e. The molecule has 0 radical (unpaired) electrons. The van der Waals surface area contributed by atoms with E-state index in [4.69, 9.17) is 0 Å². The van der Waals surface area contributed by atoms with Gasteiger partial charge in [0, 0.05) is 6.07 Å². The molecule has 0 aliphatic rings. The van der Waals surface area contributed by atoms with Gasteiger partial charge in [0.25, 0.3) is 5.69 Å². The van der Waals surface area contributed by atoms with Crippen molar-refractivity contribution < 1.29 is 14.5 Å². The summed E-state index contributed by atoms with van der Waals surface area (Å²) in [5.74, 6) is -0.515. The molecular formula is C10H8INO4. The summed E-state index contributed by atoms with van der Waals surface area (Å²) in [6.07, 6.45) is 1.42. The first kappa shape index (κ1) is 12.6. The van der Waals surface area contributed by atoms with Crippen molar-refractivity contribution >= 4 is 40.3 Å². The lowest BCUT2D eigenvalue weighted by Crippen LogP contribution is -1.99. The number of esters is 1. The second kappa shape index (κ2) is 5.59. The smallest absolute Gasteiger partial charge is 0.344 e. The number of para-hydroxylation sites is 1. The molecule has 0 N–H and O–H groups in total. The van der Waals surface area contributed by atoms with Crippen molar-refractivity contribution in [2.45, 2.75) is 0 Å². The molecule has 0 bridgehead atoms. The van der Waals surface area contributed by atoms with Crippen LogP contribution < -0.4 is 0 Å². The zero-order valence-corrected chi connectivity index (χ0v) is 10.5. The highest BCUT2D eigenvalue weighted by Crippen LogP contribution is 2.22. The van der Waals surface area contributed by atoms with Crippen LogP contribution in [-0.4, -0.2) is 18.0 Å². The first-order chi connectivity index (χ1) is 7.56. The van der Waals surface area contributed by atoms with E-state index in [-0.39, 0.29) is 9.27 Å². The Hall–Kier alpha value is -1.44. The van der Waals surface area contributed by atoms with Gasteiger partial charge in [-0.2, -0.15) is 0 Å². The molecule has 0 aliphatic heterocycles. The second-order valence-electron chi connectivity index (χ2n) is 2.80. The average molecular weight is 333 g/mol. The highest BCUT2D eigenvalue weighted by Gasteiger charge is 2.13. The van der Waals surface area contributed by atoms with E-state index < -0.39 is 10.9 Å². The molecular weight excluding hydrogens is 325 g/mol. The van der Waals surface area contributed by atoms with Crippen LogP contribution in [0, 0.1) is 10.1 Å². The van der Waals surface area contributed by atoms with Gasteiger partial charge in [0.05, 0.1) is 21.2 Å². The predicted molar refractivity (Wildman–Crippen MR) is 67.1 cm³/mol. The van der Waals surface area contributed by atoms with E-state index in [1.807, 2.05) is 0 Å². The van der Waals surface area contributed by atoms with E-state index in [0.29, 0.717) is 5.56 Å². The molecule has 0 spiro atoms. The Morgan fingerprint density at radius 3 is 2.69 bits per heavy atom. The van der Waals surface area contributed by atoms with Gasteiger partial charge in [-0.05, 0) is 34.7 Å². The molecule has 0 aliphatic carbocycles. The van der Waals surface area contributed by atoms with Gasteiger partial charge in [-0.25, -0.2) is 4.79 Å². The van der Waals surface area contributed by atoms with Crippen LogP contribution in [0.1, 0.15) is 5.56 Å². The molecule has 1 aromatic carbocycles. The average Bonchev–Trinajstić information content (AvgIpc) is 2.28. The summed E-state index contributed by atoms with van der Waals surface area (Å²) >= 11 is 1.78. The van der Waals surface area contributed by atoms with Crippen LogP contribution in [0.5, 0.6) is 0 Å². The van der Waals surface area contributed by atoms with Gasteiger partial charge in [-0.3, -0.25) is 10.1 Å². The molecule has 0 atom stereocenters. The first-order valence-electron chi connectivity index (χ1n) is 4.25. The first-order valence-corrected chi connectivity index (χ1v) is 5.33. The predicted octanol–water partition coefficient (Wildman–Crippen LogP) is 2.54. The van der Waals surface area contributed by atoms with E-state index in [1.54, 1.807) is 40.8 Å². The number of hydrogen-bond donors (Lipinski definition) is 0. The quantitative estimate of drug-likeness (QED) is 0.280. The lowest BCUT2D eigenvalue weighted by atomic mass is 10.1. The Balaban J connectivity index is 3.14. The summed E-state index contributed by atoms with van der Waals surface area (Å²) in [7, 11) is 1.26. The zero-order chi connectivity index (χ0) is 12.1. The zero-order valence-electron chi connectivity index (χ0n) is 8.34. The van der Waals surface area contributed by atoms with Crippen LogP contribution >= 0.6 is 22.6 Å². The van der Waals surface area contributed by atoms with Crippen LogP contribution in [0.4, 0.5) is 5.69 Å². The molecule has 0 saturated heterocycles. The number of carbonyl (C=O) groups excluding carboxylic acids is 1. The molecule has 84 valence electrons. The van der Waals surface area contributed by atoms with E-state index in [2.05, 4.69) is 4.74 Å². The number of nitro groups is 1. The minimum atomic E-state index is -0.515. The Morgan fingerprint density at radius 2 is 2.12 bits per heavy atom. The molecule has 0 amide bonds. The molecule has 5 nitrogen and oxygen atoms in total. The molecule has 16 heavy (non-hydrogen) atoms. The number of rotatable bonds is 3. The van der Waals surface area contributed by atoms with E-state index in [9.17, 15) is 14.9 Å². The van der Waals surface area contributed by atoms with Crippen molar-refractivity contribution in [2.24, 2.45) is 0 Å². The number of carbonyl (C=O) groups is 1. The Kier molecular flexibility index (Phi) is 4.41. The summed E-state index contributed by atoms with van der Waals surface area (Å²) in [5.41, 5.74) is 0.336. The fourth-order valence-electron chi connectivity index (χ4n) is 1.07. The summed E-state index contributed by atoms with van der Waals surface area (Å²) in [4.78, 5) is 21.3. The normalized spacial score (nSPS) is 11.0. The van der Waals surface area contributed by atoms with E-state index >= 15 is 0 Å². The molecule has 0 fully saturated rings. The SMILES string of the molecule is COC(=O)/C(I)=C/c1ccccc1[N+](=O)[O-]. The van der Waals surface area contributed by atoms with Crippen molar-refractivity contribution in [2.75, 3.05) is 7.11 Å². The van der Waals surface area contributed by atoms with Crippen LogP contribution in [0.15, 0.2) is 27.8 Å². The fraction of sp³-hybridized carbons (Fsp3) is 0.100. The number of halogens is 1. The minimum absolute atomic E-state index is 0.0411. The van der Waals surface area contributed by atoms with Gasteiger partial charge in [-0.15, -0.1) is 0 Å². The van der Waals surface area contributed by atoms with Gasteiger partial charge >= 0.3 is 5.97 Å². The van der Waals surface area contributed by atoms with Crippen LogP contribution in [0.3, 0.4) is 0 Å². The second-order valence-corrected chi connectivity index (χ2v) is 3.96. The third kappa shape index (κ3) is 3.02. The van der Waals surface area contributed by atoms with Crippen LogP contribution in [0.25, 0.3) is 6.08 Å². The molecule has 0 unspecified atom stereocenters. The number of benzene rings is 1. The lowest BCUT2D eigenvalue weighted by Gasteiger charge is -1.99. The summed E-state index contributed by atoms with van der Waals surface area (Å²) < 4.78 is 4.79.